The van der Waals surface area contributed by atoms with E-state index in [-0.39, 0.29) is 0 Å². The van der Waals surface area contributed by atoms with Crippen molar-refractivity contribution < 1.29 is 4.74 Å². The van der Waals surface area contributed by atoms with Gasteiger partial charge in [-0.2, -0.15) is 0 Å². The van der Waals surface area contributed by atoms with Gasteiger partial charge in [0.2, 0.25) is 0 Å². The van der Waals surface area contributed by atoms with Crippen molar-refractivity contribution in [1.29, 1.82) is 0 Å². The number of pyridine rings is 1. The average molecular weight is 321 g/mol. The van der Waals surface area contributed by atoms with E-state index in [1.54, 1.807) is 19.2 Å². The molecule has 0 unspecified atom stereocenters. The number of benzene rings is 1. The van der Waals surface area contributed by atoms with Crippen LogP contribution in [0.15, 0.2) is 22.7 Å². The van der Waals surface area contributed by atoms with Gasteiger partial charge in [0.1, 0.15) is 0 Å². The van der Waals surface area contributed by atoms with Crippen LogP contribution in [0.1, 0.15) is 5.69 Å². The molecule has 2 nitrogen and oxygen atoms in total. The maximum Gasteiger partial charge on any atom is 0.0908 e. The van der Waals surface area contributed by atoms with Crippen molar-refractivity contribution >= 4 is 50.0 Å². The van der Waals surface area contributed by atoms with Crippen LogP contribution in [0.4, 0.5) is 0 Å². The lowest BCUT2D eigenvalue weighted by Crippen LogP contribution is -1.94. The van der Waals surface area contributed by atoms with Crippen LogP contribution < -0.4 is 0 Å². The molecule has 0 N–H and O–H groups in total. The van der Waals surface area contributed by atoms with Crippen molar-refractivity contribution in [2.45, 2.75) is 6.61 Å². The Labute approximate surface area is 112 Å². The molecule has 1 aromatic carbocycles. The van der Waals surface area contributed by atoms with Gasteiger partial charge in [-0.05, 0) is 18.2 Å². The lowest BCUT2D eigenvalue weighted by atomic mass is 10.2. The highest BCUT2D eigenvalue weighted by atomic mass is 79.9. The molecule has 5 heteroatoms. The van der Waals surface area contributed by atoms with Crippen molar-refractivity contribution in [3.8, 4) is 0 Å². The summed E-state index contributed by atoms with van der Waals surface area (Å²) in [7, 11) is 1.61. The average Bonchev–Trinajstić information content (AvgIpc) is 2.20. The van der Waals surface area contributed by atoms with Gasteiger partial charge in [0, 0.05) is 17.0 Å². The molecular formula is C11H8BrCl2NO. The van der Waals surface area contributed by atoms with Crippen molar-refractivity contribution in [2.24, 2.45) is 0 Å². The Balaban J connectivity index is 2.71. The number of aromatic nitrogens is 1. The van der Waals surface area contributed by atoms with Crippen LogP contribution in [-0.2, 0) is 11.3 Å². The van der Waals surface area contributed by atoms with E-state index >= 15 is 0 Å². The van der Waals surface area contributed by atoms with Crippen LogP contribution in [-0.4, -0.2) is 12.1 Å². The lowest BCUT2D eigenvalue weighted by molar-refractivity contribution is 0.182. The van der Waals surface area contributed by atoms with Gasteiger partial charge in [-0.3, -0.25) is 0 Å². The number of nitrogens with zero attached hydrogens (tertiary/aromatic N) is 1. The maximum absolute atomic E-state index is 6.17. The van der Waals surface area contributed by atoms with E-state index in [1.165, 1.54) is 0 Å². The largest absolute Gasteiger partial charge is 0.378 e. The number of rotatable bonds is 2. The zero-order chi connectivity index (χ0) is 11.7. The summed E-state index contributed by atoms with van der Waals surface area (Å²) in [4.78, 5) is 4.40. The quantitative estimate of drug-likeness (QED) is 0.815. The van der Waals surface area contributed by atoms with Crippen molar-refractivity contribution in [1.82, 2.24) is 4.98 Å². The van der Waals surface area contributed by atoms with Gasteiger partial charge in [0.25, 0.3) is 0 Å². The summed E-state index contributed by atoms with van der Waals surface area (Å²) < 4.78 is 5.90. The van der Waals surface area contributed by atoms with E-state index in [0.717, 1.165) is 15.6 Å². The number of hydrogen-bond acceptors (Lipinski definition) is 2. The van der Waals surface area contributed by atoms with E-state index < -0.39 is 0 Å². The molecule has 0 aliphatic rings. The topological polar surface area (TPSA) is 22.1 Å². The van der Waals surface area contributed by atoms with E-state index in [1.807, 2.05) is 6.07 Å². The Kier molecular flexibility index (Phi) is 3.70. The zero-order valence-corrected chi connectivity index (χ0v) is 11.5. The number of hydrogen-bond donors (Lipinski definition) is 0. The summed E-state index contributed by atoms with van der Waals surface area (Å²) in [6.45, 7) is 0.419. The summed E-state index contributed by atoms with van der Waals surface area (Å²) in [6, 6.07) is 5.48. The molecule has 2 rings (SSSR count). The molecule has 0 spiro atoms. The summed E-state index contributed by atoms with van der Waals surface area (Å²) in [5.74, 6) is 0. The summed E-state index contributed by atoms with van der Waals surface area (Å²) in [5, 5.41) is 2.03. The highest BCUT2D eigenvalue weighted by Crippen LogP contribution is 2.31. The van der Waals surface area contributed by atoms with Gasteiger partial charge >= 0.3 is 0 Å². The number of methoxy groups -OCH3 is 1. The van der Waals surface area contributed by atoms with Crippen molar-refractivity contribution in [3.63, 3.8) is 0 Å². The Morgan fingerprint density at radius 2 is 2.00 bits per heavy atom. The fourth-order valence-corrected chi connectivity index (χ4v) is 2.60. The van der Waals surface area contributed by atoms with Gasteiger partial charge in [0.15, 0.2) is 0 Å². The SMILES string of the molecule is COCc1cc(Cl)c2cc(Br)cc(Cl)c2n1. The number of ether oxygens (including phenoxy) is 1. The molecule has 0 radical (unpaired) electrons. The molecule has 2 aromatic rings. The standard InChI is InChI=1S/C11H8BrCl2NO/c1-16-5-7-4-9(13)8-2-6(12)3-10(14)11(8)15-7/h2-4H,5H2,1H3. The van der Waals surface area contributed by atoms with Crippen LogP contribution >= 0.6 is 39.1 Å². The first kappa shape index (κ1) is 12.1. The van der Waals surface area contributed by atoms with Gasteiger partial charge in [-0.1, -0.05) is 39.1 Å². The first-order valence-corrected chi connectivity index (χ1v) is 6.10. The molecule has 0 fully saturated rings. The molecule has 1 heterocycles. The van der Waals surface area contributed by atoms with Crippen molar-refractivity contribution in [2.75, 3.05) is 7.11 Å². The fourth-order valence-electron chi connectivity index (χ4n) is 1.48. The molecule has 0 saturated carbocycles. The second kappa shape index (κ2) is 4.88. The predicted octanol–water partition coefficient (Wildman–Crippen LogP) is 4.45. The Bertz CT molecular complexity index is 545. The monoisotopic (exact) mass is 319 g/mol. The first-order chi connectivity index (χ1) is 7.61. The number of halogens is 3. The minimum Gasteiger partial charge on any atom is -0.378 e. The molecule has 0 bridgehead atoms. The summed E-state index contributed by atoms with van der Waals surface area (Å²) >= 11 is 15.7. The Morgan fingerprint density at radius 3 is 2.69 bits per heavy atom. The summed E-state index contributed by atoms with van der Waals surface area (Å²) in [6.07, 6.45) is 0. The second-order valence-electron chi connectivity index (χ2n) is 3.31. The van der Waals surface area contributed by atoms with Gasteiger partial charge < -0.3 is 4.74 Å². The van der Waals surface area contributed by atoms with Gasteiger partial charge in [-0.15, -0.1) is 0 Å². The van der Waals surface area contributed by atoms with E-state index in [4.69, 9.17) is 27.9 Å². The first-order valence-electron chi connectivity index (χ1n) is 4.55. The highest BCUT2D eigenvalue weighted by Gasteiger charge is 2.08. The van der Waals surface area contributed by atoms with Crippen LogP contribution in [0.25, 0.3) is 10.9 Å². The van der Waals surface area contributed by atoms with Gasteiger partial charge in [-0.25, -0.2) is 4.98 Å². The lowest BCUT2D eigenvalue weighted by Gasteiger charge is -2.06. The van der Waals surface area contributed by atoms with Crippen LogP contribution in [0.2, 0.25) is 10.0 Å². The minimum absolute atomic E-state index is 0.419. The molecular weight excluding hydrogens is 313 g/mol. The third-order valence-corrected chi connectivity index (χ3v) is 3.19. The molecule has 0 atom stereocenters. The molecule has 0 amide bonds. The maximum atomic E-state index is 6.17. The Hall–Kier alpha value is -0.350. The molecule has 16 heavy (non-hydrogen) atoms. The van der Waals surface area contributed by atoms with E-state index in [0.29, 0.717) is 22.2 Å². The second-order valence-corrected chi connectivity index (χ2v) is 5.04. The van der Waals surface area contributed by atoms with Crippen molar-refractivity contribution in [3.05, 3.63) is 38.4 Å². The van der Waals surface area contributed by atoms with Crippen LogP contribution in [0.3, 0.4) is 0 Å². The highest BCUT2D eigenvalue weighted by molar-refractivity contribution is 9.10. The number of fused-ring (bicyclic) bond motifs is 1. The molecule has 0 aliphatic carbocycles. The minimum atomic E-state index is 0.419. The Morgan fingerprint density at radius 1 is 1.25 bits per heavy atom. The molecule has 1 aromatic heterocycles. The van der Waals surface area contributed by atoms with Crippen LogP contribution in [0.5, 0.6) is 0 Å². The predicted molar refractivity (Wildman–Crippen MR) is 70.2 cm³/mol. The van der Waals surface area contributed by atoms with Crippen LogP contribution in [0, 0.1) is 0 Å². The smallest absolute Gasteiger partial charge is 0.0908 e. The van der Waals surface area contributed by atoms with E-state index in [2.05, 4.69) is 20.9 Å². The molecule has 84 valence electrons. The molecule has 0 aliphatic heterocycles. The normalized spacial score (nSPS) is 11.0. The third kappa shape index (κ3) is 2.33. The van der Waals surface area contributed by atoms with E-state index in [9.17, 15) is 0 Å². The zero-order valence-electron chi connectivity index (χ0n) is 8.43. The van der Waals surface area contributed by atoms with Gasteiger partial charge in [0.05, 0.1) is 27.9 Å². The summed E-state index contributed by atoms with van der Waals surface area (Å²) in [5.41, 5.74) is 1.47. The third-order valence-electron chi connectivity index (χ3n) is 2.13. The molecule has 0 saturated heterocycles. The fraction of sp³-hybridized carbons (Fsp3) is 0.182.